The summed E-state index contributed by atoms with van der Waals surface area (Å²) in [5.74, 6) is 0.502. The lowest BCUT2D eigenvalue weighted by Gasteiger charge is -2.17. The molecule has 0 fully saturated rings. The van der Waals surface area contributed by atoms with E-state index in [-0.39, 0.29) is 12.5 Å². The highest BCUT2D eigenvalue weighted by molar-refractivity contribution is 6.18. The van der Waals surface area contributed by atoms with Gasteiger partial charge in [-0.3, -0.25) is 9.69 Å². The first-order valence-electron chi connectivity index (χ1n) is 9.23. The Morgan fingerprint density at radius 3 is 2.54 bits per heavy atom. The molecule has 0 saturated heterocycles. The van der Waals surface area contributed by atoms with Crippen LogP contribution in [-0.4, -0.2) is 49.0 Å². The van der Waals surface area contributed by atoms with Crippen molar-refractivity contribution in [2.24, 2.45) is 4.99 Å². The normalized spacial score (nSPS) is 15.6. The van der Waals surface area contributed by atoms with E-state index in [0.29, 0.717) is 18.1 Å². The zero-order valence-electron chi connectivity index (χ0n) is 16.5. The fourth-order valence-corrected chi connectivity index (χ4v) is 2.97. The molecule has 1 amide bonds. The number of amides is 1. The molecular weight excluding hydrogens is 350 g/mol. The van der Waals surface area contributed by atoms with Crippen molar-refractivity contribution in [1.82, 2.24) is 4.90 Å². The number of carbonyl (C=O) groups is 1. The Labute approximate surface area is 165 Å². The SMILES string of the molecule is Cc1cccc(/C=C/C2=NC(=C\c3ccc(N(C)CCO)cc3)/C(=O)N2C)c1. The van der Waals surface area contributed by atoms with Gasteiger partial charge < -0.3 is 10.0 Å². The van der Waals surface area contributed by atoms with Crippen molar-refractivity contribution < 1.29 is 9.90 Å². The maximum atomic E-state index is 12.5. The molecule has 1 aliphatic rings. The van der Waals surface area contributed by atoms with Crippen LogP contribution in [0.4, 0.5) is 5.69 Å². The van der Waals surface area contributed by atoms with Crippen LogP contribution in [0, 0.1) is 6.92 Å². The molecule has 0 atom stereocenters. The van der Waals surface area contributed by atoms with E-state index >= 15 is 0 Å². The van der Waals surface area contributed by atoms with E-state index in [1.807, 2.05) is 73.5 Å². The van der Waals surface area contributed by atoms with E-state index in [0.717, 1.165) is 16.8 Å². The second-order valence-electron chi connectivity index (χ2n) is 6.85. The highest BCUT2D eigenvalue weighted by Crippen LogP contribution is 2.20. The van der Waals surface area contributed by atoms with Gasteiger partial charge in [-0.05, 0) is 42.3 Å². The Balaban J connectivity index is 1.79. The number of aliphatic imine (C=N–C) groups is 1. The Morgan fingerprint density at radius 2 is 1.86 bits per heavy atom. The molecule has 3 rings (SSSR count). The van der Waals surface area contributed by atoms with Crippen LogP contribution in [0.5, 0.6) is 0 Å². The predicted molar refractivity (Wildman–Crippen MR) is 115 cm³/mol. The largest absolute Gasteiger partial charge is 0.395 e. The van der Waals surface area contributed by atoms with Crippen LogP contribution >= 0.6 is 0 Å². The maximum absolute atomic E-state index is 12.5. The van der Waals surface area contributed by atoms with Gasteiger partial charge in [0.25, 0.3) is 5.91 Å². The van der Waals surface area contributed by atoms with E-state index < -0.39 is 0 Å². The van der Waals surface area contributed by atoms with Gasteiger partial charge in [0.05, 0.1) is 6.61 Å². The minimum Gasteiger partial charge on any atom is -0.395 e. The van der Waals surface area contributed by atoms with Gasteiger partial charge in [0.15, 0.2) is 0 Å². The number of nitrogens with zero attached hydrogens (tertiary/aromatic N) is 3. The predicted octanol–water partition coefficient (Wildman–Crippen LogP) is 3.35. The summed E-state index contributed by atoms with van der Waals surface area (Å²) in [6.45, 7) is 2.73. The van der Waals surface area contributed by atoms with Crippen molar-refractivity contribution in [2.75, 3.05) is 32.1 Å². The number of anilines is 1. The number of aliphatic hydroxyl groups excluding tert-OH is 1. The van der Waals surface area contributed by atoms with Crippen molar-refractivity contribution in [3.05, 3.63) is 77.0 Å². The number of rotatable bonds is 6. The molecule has 0 radical (unpaired) electrons. The first-order chi connectivity index (χ1) is 13.5. The maximum Gasteiger partial charge on any atom is 0.277 e. The Bertz CT molecular complexity index is 943. The van der Waals surface area contributed by atoms with E-state index in [4.69, 9.17) is 5.11 Å². The number of aryl methyl sites for hydroxylation is 1. The minimum absolute atomic E-state index is 0.108. The van der Waals surface area contributed by atoms with E-state index in [2.05, 4.69) is 11.1 Å². The lowest BCUT2D eigenvalue weighted by atomic mass is 10.1. The molecule has 1 heterocycles. The third-order valence-corrected chi connectivity index (χ3v) is 4.64. The van der Waals surface area contributed by atoms with Gasteiger partial charge in [-0.2, -0.15) is 0 Å². The lowest BCUT2D eigenvalue weighted by Crippen LogP contribution is -2.26. The van der Waals surface area contributed by atoms with Crippen LogP contribution in [0.15, 0.2) is 65.3 Å². The average Bonchev–Trinajstić information content (AvgIpc) is 2.95. The fourth-order valence-electron chi connectivity index (χ4n) is 2.97. The Morgan fingerprint density at radius 1 is 1.11 bits per heavy atom. The van der Waals surface area contributed by atoms with E-state index in [1.165, 1.54) is 5.56 Å². The molecule has 0 bridgehead atoms. The summed E-state index contributed by atoms with van der Waals surface area (Å²) in [7, 11) is 3.66. The molecule has 2 aromatic rings. The first kappa shape index (κ1) is 19.6. The monoisotopic (exact) mass is 375 g/mol. The van der Waals surface area contributed by atoms with E-state index in [1.54, 1.807) is 18.0 Å². The van der Waals surface area contributed by atoms with Crippen molar-refractivity contribution in [1.29, 1.82) is 0 Å². The number of benzene rings is 2. The molecule has 2 aromatic carbocycles. The number of hydrogen-bond acceptors (Lipinski definition) is 4. The van der Waals surface area contributed by atoms with Gasteiger partial charge in [0.1, 0.15) is 11.5 Å². The zero-order valence-corrected chi connectivity index (χ0v) is 16.5. The van der Waals surface area contributed by atoms with Gasteiger partial charge in [0.2, 0.25) is 0 Å². The number of amidine groups is 1. The van der Waals surface area contributed by atoms with Crippen molar-refractivity contribution in [3.63, 3.8) is 0 Å². The third-order valence-electron chi connectivity index (χ3n) is 4.64. The fraction of sp³-hybridized carbons (Fsp3) is 0.217. The third kappa shape index (κ3) is 4.56. The molecule has 0 spiro atoms. The molecule has 144 valence electrons. The van der Waals surface area contributed by atoms with Crippen LogP contribution < -0.4 is 4.90 Å². The van der Waals surface area contributed by atoms with Crippen LogP contribution in [0.25, 0.3) is 12.2 Å². The molecule has 1 N–H and O–H groups in total. The molecule has 0 unspecified atom stereocenters. The van der Waals surface area contributed by atoms with Gasteiger partial charge in [0, 0.05) is 26.3 Å². The first-order valence-corrected chi connectivity index (χ1v) is 9.23. The minimum atomic E-state index is -0.120. The second kappa shape index (κ2) is 8.67. The summed E-state index contributed by atoms with van der Waals surface area (Å²) in [4.78, 5) is 20.5. The standard InChI is InChI=1S/C23H25N3O2/c1-17-5-4-6-18(15-17)9-12-22-24-21(23(28)26(22)3)16-19-7-10-20(11-8-19)25(2)13-14-27/h4-12,15-16,27H,13-14H2,1-3H3/b12-9+,21-16-. The number of carbonyl (C=O) groups excluding carboxylic acids is 1. The molecule has 5 heteroatoms. The van der Waals surface area contributed by atoms with Gasteiger partial charge in [-0.1, -0.05) is 48.0 Å². The average molecular weight is 375 g/mol. The second-order valence-corrected chi connectivity index (χ2v) is 6.85. The molecule has 0 saturated carbocycles. The van der Waals surface area contributed by atoms with Crippen LogP contribution in [0.2, 0.25) is 0 Å². The number of likely N-dealkylation sites (N-methyl/N-ethyl adjacent to an activating group) is 2. The number of aliphatic hydroxyl groups is 1. The molecule has 0 aromatic heterocycles. The quantitative estimate of drug-likeness (QED) is 0.788. The summed E-state index contributed by atoms with van der Waals surface area (Å²) in [6, 6.07) is 16.0. The zero-order chi connectivity index (χ0) is 20.1. The topological polar surface area (TPSA) is 56.1 Å². The summed E-state index contributed by atoms with van der Waals surface area (Å²) < 4.78 is 0. The van der Waals surface area contributed by atoms with Crippen molar-refractivity contribution in [2.45, 2.75) is 6.92 Å². The number of hydrogen-bond donors (Lipinski definition) is 1. The Kier molecular flexibility index (Phi) is 6.06. The summed E-state index contributed by atoms with van der Waals surface area (Å²) in [5.41, 5.74) is 4.60. The highest BCUT2D eigenvalue weighted by Gasteiger charge is 2.25. The molecule has 5 nitrogen and oxygen atoms in total. The van der Waals surface area contributed by atoms with E-state index in [9.17, 15) is 4.79 Å². The smallest absolute Gasteiger partial charge is 0.277 e. The van der Waals surface area contributed by atoms with Crippen molar-refractivity contribution in [3.8, 4) is 0 Å². The molecule has 28 heavy (non-hydrogen) atoms. The summed E-state index contributed by atoms with van der Waals surface area (Å²) in [5, 5.41) is 9.04. The molecule has 0 aliphatic carbocycles. The van der Waals surface area contributed by atoms with Gasteiger partial charge >= 0.3 is 0 Å². The lowest BCUT2D eigenvalue weighted by molar-refractivity contribution is -0.121. The molecule has 1 aliphatic heterocycles. The Hall–Kier alpha value is -3.18. The summed E-state index contributed by atoms with van der Waals surface area (Å²) in [6.07, 6.45) is 5.62. The molecular formula is C23H25N3O2. The van der Waals surface area contributed by atoms with Gasteiger partial charge in [-0.25, -0.2) is 4.99 Å². The van der Waals surface area contributed by atoms with Gasteiger partial charge in [-0.15, -0.1) is 0 Å². The van der Waals surface area contributed by atoms with Crippen molar-refractivity contribution >= 4 is 29.6 Å². The summed E-state index contributed by atoms with van der Waals surface area (Å²) >= 11 is 0. The highest BCUT2D eigenvalue weighted by atomic mass is 16.3. The van der Waals surface area contributed by atoms with Crippen LogP contribution in [-0.2, 0) is 4.79 Å². The van der Waals surface area contributed by atoms with Crippen LogP contribution in [0.1, 0.15) is 16.7 Å². The van der Waals surface area contributed by atoms with Crippen LogP contribution in [0.3, 0.4) is 0 Å².